The number of piperidine rings is 1. The summed E-state index contributed by atoms with van der Waals surface area (Å²) in [5.41, 5.74) is 7.20. The maximum Gasteiger partial charge on any atom is 0.227 e. The SMILES string of the molecule is NC(=O)C1CCN(c2ccc(NC(=O)CCc3nc(-c4cccs4)no3)cc2)CC1. The summed E-state index contributed by atoms with van der Waals surface area (Å²) in [5.74, 6) is 0.649. The number of nitrogens with one attached hydrogen (secondary N) is 1. The fraction of sp³-hybridized carbons (Fsp3) is 0.333. The lowest BCUT2D eigenvalue weighted by Crippen LogP contribution is -2.38. The van der Waals surface area contributed by atoms with Crippen LogP contribution >= 0.6 is 11.3 Å². The molecular formula is C21H23N5O3S. The summed E-state index contributed by atoms with van der Waals surface area (Å²) >= 11 is 1.54. The van der Waals surface area contributed by atoms with Crippen LogP contribution in [0, 0.1) is 5.92 Å². The Morgan fingerprint density at radius 3 is 2.63 bits per heavy atom. The molecular weight excluding hydrogens is 402 g/mol. The lowest BCUT2D eigenvalue weighted by Gasteiger charge is -2.32. The first-order valence-electron chi connectivity index (χ1n) is 9.89. The first-order valence-corrected chi connectivity index (χ1v) is 10.8. The van der Waals surface area contributed by atoms with E-state index in [1.807, 2.05) is 41.8 Å². The Kier molecular flexibility index (Phi) is 6.08. The molecule has 1 saturated heterocycles. The molecule has 1 aliphatic rings. The minimum absolute atomic E-state index is 0.0277. The van der Waals surface area contributed by atoms with Gasteiger partial charge in [-0.2, -0.15) is 4.98 Å². The quantitative estimate of drug-likeness (QED) is 0.601. The van der Waals surface area contributed by atoms with E-state index in [0.29, 0.717) is 18.1 Å². The van der Waals surface area contributed by atoms with Crippen molar-refractivity contribution in [2.24, 2.45) is 11.7 Å². The minimum Gasteiger partial charge on any atom is -0.371 e. The van der Waals surface area contributed by atoms with E-state index in [0.717, 1.165) is 42.2 Å². The van der Waals surface area contributed by atoms with Crippen molar-refractivity contribution in [2.75, 3.05) is 23.3 Å². The Morgan fingerprint density at radius 1 is 1.20 bits per heavy atom. The fourth-order valence-corrected chi connectivity index (χ4v) is 4.13. The van der Waals surface area contributed by atoms with Crippen molar-refractivity contribution in [1.82, 2.24) is 10.1 Å². The summed E-state index contributed by atoms with van der Waals surface area (Å²) < 4.78 is 5.23. The number of hydrogen-bond donors (Lipinski definition) is 2. The number of primary amides is 1. The van der Waals surface area contributed by atoms with Gasteiger partial charge in [0, 0.05) is 43.2 Å². The molecule has 2 amide bonds. The van der Waals surface area contributed by atoms with Crippen LogP contribution in [0.3, 0.4) is 0 Å². The molecule has 9 heteroatoms. The standard InChI is InChI=1S/C21H23N5O3S/c22-20(28)14-9-11-26(12-10-14)16-5-3-15(4-6-16)23-18(27)7-8-19-24-21(25-29-19)17-2-1-13-30-17/h1-6,13-14H,7-12H2,(H2,22,28)(H,23,27). The van der Waals surface area contributed by atoms with Crippen LogP contribution in [0.4, 0.5) is 11.4 Å². The van der Waals surface area contributed by atoms with Crippen LogP contribution in [0.2, 0.25) is 0 Å². The number of rotatable bonds is 7. The van der Waals surface area contributed by atoms with Crippen molar-refractivity contribution >= 4 is 34.5 Å². The molecule has 0 atom stereocenters. The Balaban J connectivity index is 1.25. The third-order valence-corrected chi connectivity index (χ3v) is 6.05. The number of carbonyl (C=O) groups excluding carboxylic acids is 2. The fourth-order valence-electron chi connectivity index (χ4n) is 3.48. The predicted octanol–water partition coefficient (Wildman–Crippen LogP) is 3.07. The lowest BCUT2D eigenvalue weighted by molar-refractivity contribution is -0.122. The van der Waals surface area contributed by atoms with Gasteiger partial charge in [-0.05, 0) is 48.6 Å². The number of benzene rings is 1. The highest BCUT2D eigenvalue weighted by molar-refractivity contribution is 7.13. The Hall–Kier alpha value is -3.20. The maximum absolute atomic E-state index is 12.3. The van der Waals surface area contributed by atoms with Gasteiger partial charge in [-0.3, -0.25) is 9.59 Å². The highest BCUT2D eigenvalue weighted by Crippen LogP contribution is 2.25. The Labute approximate surface area is 178 Å². The third-order valence-electron chi connectivity index (χ3n) is 5.19. The smallest absolute Gasteiger partial charge is 0.227 e. The molecule has 1 aromatic carbocycles. The molecule has 1 fully saturated rings. The van der Waals surface area contributed by atoms with E-state index in [-0.39, 0.29) is 24.2 Å². The Bertz CT molecular complexity index is 992. The van der Waals surface area contributed by atoms with Crippen LogP contribution < -0.4 is 16.0 Å². The first kappa shape index (κ1) is 20.1. The number of aryl methyl sites for hydroxylation is 1. The van der Waals surface area contributed by atoms with E-state index < -0.39 is 0 Å². The normalized spacial score (nSPS) is 14.6. The molecule has 3 N–H and O–H groups in total. The van der Waals surface area contributed by atoms with Gasteiger partial charge >= 0.3 is 0 Å². The van der Waals surface area contributed by atoms with E-state index in [1.165, 1.54) is 11.3 Å². The molecule has 0 saturated carbocycles. The molecule has 156 valence electrons. The molecule has 0 spiro atoms. The molecule has 0 bridgehead atoms. The van der Waals surface area contributed by atoms with E-state index in [2.05, 4.69) is 20.4 Å². The van der Waals surface area contributed by atoms with Gasteiger partial charge in [0.25, 0.3) is 0 Å². The number of hydrogen-bond acceptors (Lipinski definition) is 7. The van der Waals surface area contributed by atoms with E-state index >= 15 is 0 Å². The summed E-state index contributed by atoms with van der Waals surface area (Å²) in [6.45, 7) is 1.61. The van der Waals surface area contributed by atoms with E-state index in [9.17, 15) is 9.59 Å². The number of thiophene rings is 1. The van der Waals surface area contributed by atoms with Gasteiger partial charge in [-0.15, -0.1) is 11.3 Å². The van der Waals surface area contributed by atoms with Crippen molar-refractivity contribution in [3.8, 4) is 10.7 Å². The number of nitrogens with zero attached hydrogens (tertiary/aromatic N) is 3. The Morgan fingerprint density at radius 2 is 1.97 bits per heavy atom. The van der Waals surface area contributed by atoms with Crippen LogP contribution in [0.1, 0.15) is 25.2 Å². The molecule has 0 aliphatic carbocycles. The first-order chi connectivity index (χ1) is 14.6. The molecule has 0 radical (unpaired) electrons. The monoisotopic (exact) mass is 425 g/mol. The molecule has 3 aromatic rings. The topological polar surface area (TPSA) is 114 Å². The van der Waals surface area contributed by atoms with Crippen LogP contribution in [-0.4, -0.2) is 35.0 Å². The second-order valence-corrected chi connectivity index (χ2v) is 8.20. The predicted molar refractivity (Wildman–Crippen MR) is 115 cm³/mol. The maximum atomic E-state index is 12.3. The van der Waals surface area contributed by atoms with Crippen LogP contribution in [-0.2, 0) is 16.0 Å². The molecule has 4 rings (SSSR count). The van der Waals surface area contributed by atoms with Gasteiger partial charge in [0.2, 0.25) is 23.5 Å². The summed E-state index contributed by atoms with van der Waals surface area (Å²) in [7, 11) is 0. The highest BCUT2D eigenvalue weighted by atomic mass is 32.1. The molecule has 30 heavy (non-hydrogen) atoms. The largest absolute Gasteiger partial charge is 0.371 e. The number of anilines is 2. The molecule has 1 aliphatic heterocycles. The average Bonchev–Trinajstić information content (AvgIpc) is 3.45. The second-order valence-electron chi connectivity index (χ2n) is 7.25. The van der Waals surface area contributed by atoms with E-state index in [4.69, 9.17) is 10.3 Å². The molecule has 0 unspecified atom stereocenters. The van der Waals surface area contributed by atoms with Gasteiger partial charge in [-0.25, -0.2) is 0 Å². The van der Waals surface area contributed by atoms with Gasteiger partial charge in [-0.1, -0.05) is 11.2 Å². The number of nitrogens with two attached hydrogens (primary N) is 1. The molecule has 8 nitrogen and oxygen atoms in total. The van der Waals surface area contributed by atoms with Crippen LogP contribution in [0.5, 0.6) is 0 Å². The average molecular weight is 426 g/mol. The van der Waals surface area contributed by atoms with Crippen molar-refractivity contribution in [1.29, 1.82) is 0 Å². The van der Waals surface area contributed by atoms with Gasteiger partial charge in [0.15, 0.2) is 0 Å². The third kappa shape index (κ3) is 4.85. The van der Waals surface area contributed by atoms with Crippen molar-refractivity contribution < 1.29 is 14.1 Å². The lowest BCUT2D eigenvalue weighted by atomic mass is 9.96. The molecule has 3 heterocycles. The van der Waals surface area contributed by atoms with Crippen LogP contribution in [0.15, 0.2) is 46.3 Å². The summed E-state index contributed by atoms with van der Waals surface area (Å²) in [6.07, 6.45) is 2.20. The zero-order chi connectivity index (χ0) is 20.9. The summed E-state index contributed by atoms with van der Waals surface area (Å²) in [6, 6.07) is 11.6. The van der Waals surface area contributed by atoms with Gasteiger partial charge < -0.3 is 20.5 Å². The van der Waals surface area contributed by atoms with E-state index in [1.54, 1.807) is 0 Å². The number of amides is 2. The van der Waals surface area contributed by atoms with Crippen molar-refractivity contribution in [3.63, 3.8) is 0 Å². The minimum atomic E-state index is -0.212. The van der Waals surface area contributed by atoms with Crippen LogP contribution in [0.25, 0.3) is 10.7 Å². The second kappa shape index (κ2) is 9.08. The van der Waals surface area contributed by atoms with Crippen molar-refractivity contribution in [3.05, 3.63) is 47.7 Å². The zero-order valence-corrected chi connectivity index (χ0v) is 17.2. The highest BCUT2D eigenvalue weighted by Gasteiger charge is 2.23. The summed E-state index contributed by atoms with van der Waals surface area (Å²) in [5, 5.41) is 8.80. The van der Waals surface area contributed by atoms with Gasteiger partial charge in [0.05, 0.1) is 4.88 Å². The van der Waals surface area contributed by atoms with Gasteiger partial charge in [0.1, 0.15) is 0 Å². The zero-order valence-electron chi connectivity index (χ0n) is 16.4. The number of carbonyl (C=O) groups is 2. The van der Waals surface area contributed by atoms with Crippen molar-refractivity contribution in [2.45, 2.75) is 25.7 Å². The molecule has 2 aromatic heterocycles. The summed E-state index contributed by atoms with van der Waals surface area (Å²) in [4.78, 5) is 31.0. The number of aromatic nitrogens is 2.